The number of aromatic nitrogens is 3. The van der Waals surface area contributed by atoms with Crippen LogP contribution < -0.4 is 0 Å². The number of rotatable bonds is 8. The van der Waals surface area contributed by atoms with Crippen molar-refractivity contribution in [3.63, 3.8) is 0 Å². The molecule has 0 radical (unpaired) electrons. The third kappa shape index (κ3) is 3.96. The second kappa shape index (κ2) is 6.25. The molecule has 7 nitrogen and oxygen atoms in total. The van der Waals surface area contributed by atoms with Crippen LogP contribution in [0.5, 0.6) is 0 Å². The highest BCUT2D eigenvalue weighted by Crippen LogP contribution is 2.51. The van der Waals surface area contributed by atoms with Crippen molar-refractivity contribution in [1.29, 1.82) is 0 Å². The van der Waals surface area contributed by atoms with Gasteiger partial charge in [0.15, 0.2) is 5.69 Å². The molecule has 1 aliphatic carbocycles. The van der Waals surface area contributed by atoms with Crippen molar-refractivity contribution in [3.05, 3.63) is 11.9 Å². The maximum atomic E-state index is 11.3. The van der Waals surface area contributed by atoms with Crippen molar-refractivity contribution in [2.24, 2.45) is 5.41 Å². The van der Waals surface area contributed by atoms with Crippen molar-refractivity contribution >= 4 is 23.7 Å². The number of nitrogens with zero attached hydrogens (tertiary/aromatic N) is 3. The molecule has 20 heavy (non-hydrogen) atoms. The van der Waals surface area contributed by atoms with Gasteiger partial charge in [-0.05, 0) is 24.0 Å². The largest absolute Gasteiger partial charge is 0.476 e. The van der Waals surface area contributed by atoms with E-state index in [0.717, 1.165) is 24.3 Å². The normalized spacial score (nSPS) is 15.8. The Balaban J connectivity index is 1.68. The lowest BCUT2D eigenvalue weighted by Crippen LogP contribution is -2.14. The number of ether oxygens (including phenoxy) is 1. The van der Waals surface area contributed by atoms with E-state index in [2.05, 4.69) is 10.3 Å². The minimum atomic E-state index is -1.07. The average Bonchev–Trinajstić information content (AvgIpc) is 3.00. The molecule has 0 amide bonds. The van der Waals surface area contributed by atoms with Gasteiger partial charge in [0.05, 0.1) is 26.3 Å². The second-order valence-corrected chi connectivity index (χ2v) is 6.08. The first-order chi connectivity index (χ1) is 9.54. The molecule has 0 aromatic carbocycles. The van der Waals surface area contributed by atoms with Gasteiger partial charge in [-0.3, -0.25) is 9.48 Å². The SMILES string of the molecule is COC(=O)CC1(CSCCn2cc(C(=O)O)nn2)CC1. The van der Waals surface area contributed by atoms with Gasteiger partial charge in [-0.15, -0.1) is 5.10 Å². The van der Waals surface area contributed by atoms with Gasteiger partial charge in [0.2, 0.25) is 0 Å². The molecule has 0 saturated heterocycles. The van der Waals surface area contributed by atoms with E-state index in [1.807, 2.05) is 0 Å². The van der Waals surface area contributed by atoms with E-state index in [-0.39, 0.29) is 17.1 Å². The maximum absolute atomic E-state index is 11.3. The van der Waals surface area contributed by atoms with Crippen molar-refractivity contribution in [2.75, 3.05) is 18.6 Å². The lowest BCUT2D eigenvalue weighted by Gasteiger charge is -2.12. The molecule has 1 heterocycles. The van der Waals surface area contributed by atoms with Crippen LogP contribution in [-0.2, 0) is 16.1 Å². The Morgan fingerprint density at radius 1 is 1.55 bits per heavy atom. The summed E-state index contributed by atoms with van der Waals surface area (Å²) >= 11 is 1.74. The molecule has 110 valence electrons. The minimum Gasteiger partial charge on any atom is -0.476 e. The Kier molecular flexibility index (Phi) is 4.64. The van der Waals surface area contributed by atoms with Gasteiger partial charge < -0.3 is 9.84 Å². The average molecular weight is 299 g/mol. The number of aromatic carboxylic acids is 1. The molecule has 1 N–H and O–H groups in total. The monoisotopic (exact) mass is 299 g/mol. The van der Waals surface area contributed by atoms with Crippen LogP contribution in [0.4, 0.5) is 0 Å². The highest BCUT2D eigenvalue weighted by molar-refractivity contribution is 7.99. The number of methoxy groups -OCH3 is 1. The number of hydrogen-bond acceptors (Lipinski definition) is 6. The van der Waals surface area contributed by atoms with Crippen LogP contribution in [0, 0.1) is 5.41 Å². The first-order valence-electron chi connectivity index (χ1n) is 6.33. The molecule has 0 bridgehead atoms. The molecule has 0 unspecified atom stereocenters. The Morgan fingerprint density at radius 2 is 2.30 bits per heavy atom. The number of aryl methyl sites for hydroxylation is 1. The van der Waals surface area contributed by atoms with Crippen LogP contribution in [0.2, 0.25) is 0 Å². The quantitative estimate of drug-likeness (QED) is 0.566. The lowest BCUT2D eigenvalue weighted by atomic mass is 10.1. The van der Waals surface area contributed by atoms with Crippen molar-refractivity contribution in [2.45, 2.75) is 25.8 Å². The van der Waals surface area contributed by atoms with Gasteiger partial charge in [-0.25, -0.2) is 4.79 Å². The van der Waals surface area contributed by atoms with Crippen LogP contribution in [0.3, 0.4) is 0 Å². The molecule has 2 rings (SSSR count). The van der Waals surface area contributed by atoms with Crippen molar-refractivity contribution in [1.82, 2.24) is 15.0 Å². The Hall–Kier alpha value is -1.57. The Bertz CT molecular complexity index is 499. The number of carbonyl (C=O) groups excluding carboxylic acids is 1. The molecule has 8 heteroatoms. The predicted molar refractivity (Wildman–Crippen MR) is 72.6 cm³/mol. The predicted octanol–water partition coefficient (Wildman–Crippen LogP) is 1.05. The molecule has 1 aromatic heterocycles. The smallest absolute Gasteiger partial charge is 0.358 e. The standard InChI is InChI=1S/C12H17N3O4S/c1-19-10(16)6-12(2-3-12)8-20-5-4-15-7-9(11(17)18)13-14-15/h7H,2-6,8H2,1H3,(H,17,18). The van der Waals surface area contributed by atoms with Crippen LogP contribution in [0.15, 0.2) is 6.20 Å². The molecule has 1 aromatic rings. The van der Waals surface area contributed by atoms with Crippen LogP contribution in [-0.4, -0.2) is 50.7 Å². The molecule has 0 spiro atoms. The van der Waals surface area contributed by atoms with Gasteiger partial charge >= 0.3 is 11.9 Å². The molecule has 0 atom stereocenters. The fraction of sp³-hybridized carbons (Fsp3) is 0.667. The van der Waals surface area contributed by atoms with Gasteiger partial charge in [0.1, 0.15) is 0 Å². The number of carbonyl (C=O) groups is 2. The summed E-state index contributed by atoms with van der Waals surface area (Å²) < 4.78 is 6.22. The Labute approximate surface area is 120 Å². The zero-order valence-electron chi connectivity index (χ0n) is 11.2. The molecule has 1 fully saturated rings. The second-order valence-electron chi connectivity index (χ2n) is 4.98. The summed E-state index contributed by atoms with van der Waals surface area (Å²) in [5.74, 6) is 0.512. The Morgan fingerprint density at radius 3 is 2.85 bits per heavy atom. The third-order valence-corrected chi connectivity index (χ3v) is 4.62. The van der Waals surface area contributed by atoms with Gasteiger partial charge in [0.25, 0.3) is 0 Å². The topological polar surface area (TPSA) is 94.3 Å². The van der Waals surface area contributed by atoms with E-state index in [0.29, 0.717) is 13.0 Å². The zero-order valence-corrected chi connectivity index (χ0v) is 12.1. The highest BCUT2D eigenvalue weighted by atomic mass is 32.2. The molecule has 0 aliphatic heterocycles. The minimum absolute atomic E-state index is 0.0423. The molecule has 1 aliphatic rings. The number of hydrogen-bond donors (Lipinski definition) is 1. The summed E-state index contributed by atoms with van der Waals surface area (Å²) in [6.07, 6.45) is 4.05. The summed E-state index contributed by atoms with van der Waals surface area (Å²) in [5.41, 5.74) is 0.0751. The number of carboxylic acids is 1. The summed E-state index contributed by atoms with van der Waals surface area (Å²) in [6, 6.07) is 0. The van der Waals surface area contributed by atoms with E-state index in [4.69, 9.17) is 9.84 Å². The van der Waals surface area contributed by atoms with Crippen LogP contribution in [0.25, 0.3) is 0 Å². The first-order valence-corrected chi connectivity index (χ1v) is 7.48. The third-order valence-electron chi connectivity index (χ3n) is 3.33. The number of esters is 1. The van der Waals surface area contributed by atoms with Crippen molar-refractivity contribution < 1.29 is 19.4 Å². The van der Waals surface area contributed by atoms with E-state index >= 15 is 0 Å². The molecular weight excluding hydrogens is 282 g/mol. The fourth-order valence-corrected chi connectivity index (χ4v) is 3.16. The molecule has 1 saturated carbocycles. The lowest BCUT2D eigenvalue weighted by molar-refractivity contribution is -0.141. The zero-order chi connectivity index (χ0) is 14.6. The van der Waals surface area contributed by atoms with Crippen molar-refractivity contribution in [3.8, 4) is 0 Å². The molecular formula is C12H17N3O4S. The summed E-state index contributed by atoms with van der Waals surface area (Å²) in [6.45, 7) is 0.610. The van der Waals surface area contributed by atoms with Crippen LogP contribution >= 0.6 is 11.8 Å². The van der Waals surface area contributed by atoms with E-state index in [1.54, 1.807) is 11.8 Å². The van der Waals surface area contributed by atoms with Gasteiger partial charge in [-0.2, -0.15) is 11.8 Å². The summed E-state index contributed by atoms with van der Waals surface area (Å²) in [7, 11) is 1.41. The van der Waals surface area contributed by atoms with E-state index in [1.165, 1.54) is 18.0 Å². The maximum Gasteiger partial charge on any atom is 0.358 e. The summed E-state index contributed by atoms with van der Waals surface area (Å²) in [4.78, 5) is 21.9. The van der Waals surface area contributed by atoms with Crippen LogP contribution in [0.1, 0.15) is 29.8 Å². The summed E-state index contributed by atoms with van der Waals surface area (Å²) in [5, 5.41) is 16.0. The van der Waals surface area contributed by atoms with Gasteiger partial charge in [0, 0.05) is 5.75 Å². The van der Waals surface area contributed by atoms with E-state index < -0.39 is 5.97 Å². The first kappa shape index (κ1) is 14.8. The highest BCUT2D eigenvalue weighted by Gasteiger charge is 2.44. The van der Waals surface area contributed by atoms with Gasteiger partial charge in [-0.1, -0.05) is 5.21 Å². The van der Waals surface area contributed by atoms with E-state index in [9.17, 15) is 9.59 Å². The number of thioether (sulfide) groups is 1. The number of carboxylic acid groups (broad SMARTS) is 1. The fourth-order valence-electron chi connectivity index (χ4n) is 1.88.